The highest BCUT2D eigenvalue weighted by molar-refractivity contribution is 9.10. The number of hydrogen-bond acceptors (Lipinski definition) is 2. The van der Waals surface area contributed by atoms with Gasteiger partial charge < -0.3 is 10.1 Å². The molecule has 1 aromatic carbocycles. The maximum Gasteiger partial charge on any atom is 0.137 e. The molecule has 0 aliphatic heterocycles. The molecule has 0 spiro atoms. The molecule has 0 fully saturated rings. The molecule has 1 rings (SSSR count). The van der Waals surface area contributed by atoms with Gasteiger partial charge in [0.25, 0.3) is 0 Å². The summed E-state index contributed by atoms with van der Waals surface area (Å²) in [7, 11) is 1.75. The second-order valence-corrected chi connectivity index (χ2v) is 5.83. The molecule has 114 valence electrons. The Morgan fingerprint density at radius 1 is 1.30 bits per heavy atom. The lowest BCUT2D eigenvalue weighted by atomic mass is 9.98. The summed E-state index contributed by atoms with van der Waals surface area (Å²) in [6.07, 6.45) is 4.07. The smallest absolute Gasteiger partial charge is 0.137 e. The highest BCUT2D eigenvalue weighted by Crippen LogP contribution is 2.23. The Kier molecular flexibility index (Phi) is 8.34. The van der Waals surface area contributed by atoms with Gasteiger partial charge in [-0.1, -0.05) is 32.4 Å². The van der Waals surface area contributed by atoms with E-state index < -0.39 is 0 Å². The van der Waals surface area contributed by atoms with Gasteiger partial charge in [0.1, 0.15) is 5.82 Å². The number of benzene rings is 1. The number of halogens is 2. The van der Waals surface area contributed by atoms with Crippen molar-refractivity contribution in [1.29, 1.82) is 0 Å². The van der Waals surface area contributed by atoms with E-state index in [4.69, 9.17) is 4.74 Å². The molecule has 0 aromatic heterocycles. The first kappa shape index (κ1) is 17.6. The molecule has 0 saturated carbocycles. The van der Waals surface area contributed by atoms with Crippen LogP contribution in [0, 0.1) is 5.82 Å². The number of rotatable bonds is 9. The van der Waals surface area contributed by atoms with Crippen LogP contribution < -0.4 is 5.32 Å². The standard InChI is InChI=1S/C16H25BrFNO/c1-4-7-15(20-3)14(19-10-5-2)11-12-8-6-9-13(18)16(12)17/h6,8-9,14-15,19H,4-5,7,10-11H2,1-3H3. The van der Waals surface area contributed by atoms with Gasteiger partial charge in [-0.3, -0.25) is 0 Å². The zero-order valence-electron chi connectivity index (χ0n) is 12.6. The fraction of sp³-hybridized carbons (Fsp3) is 0.625. The highest BCUT2D eigenvalue weighted by atomic mass is 79.9. The van der Waals surface area contributed by atoms with Crippen molar-refractivity contribution >= 4 is 15.9 Å². The SMILES string of the molecule is CCCNC(Cc1cccc(F)c1Br)C(CCC)OC. The lowest BCUT2D eigenvalue weighted by Gasteiger charge is -2.27. The molecule has 0 aliphatic rings. The van der Waals surface area contributed by atoms with Crippen molar-refractivity contribution in [3.05, 3.63) is 34.1 Å². The minimum absolute atomic E-state index is 0.154. The average molecular weight is 346 g/mol. The molecule has 20 heavy (non-hydrogen) atoms. The summed E-state index contributed by atoms with van der Waals surface area (Å²) in [6, 6.07) is 5.40. The van der Waals surface area contributed by atoms with Gasteiger partial charge in [-0.05, 0) is 53.4 Å². The number of hydrogen-bond donors (Lipinski definition) is 1. The maximum atomic E-state index is 13.6. The third-order valence-corrected chi connectivity index (χ3v) is 4.34. The lowest BCUT2D eigenvalue weighted by Crippen LogP contribution is -2.43. The molecule has 4 heteroatoms. The largest absolute Gasteiger partial charge is 0.380 e. The van der Waals surface area contributed by atoms with Crippen LogP contribution in [0.15, 0.2) is 22.7 Å². The molecule has 1 N–H and O–H groups in total. The molecule has 0 radical (unpaired) electrons. The van der Waals surface area contributed by atoms with Crippen LogP contribution in [-0.4, -0.2) is 25.8 Å². The monoisotopic (exact) mass is 345 g/mol. The summed E-state index contributed by atoms with van der Waals surface area (Å²) >= 11 is 3.34. The Morgan fingerprint density at radius 2 is 2.05 bits per heavy atom. The minimum atomic E-state index is -0.207. The predicted molar refractivity (Wildman–Crippen MR) is 85.6 cm³/mol. The van der Waals surface area contributed by atoms with Crippen LogP contribution >= 0.6 is 15.9 Å². The van der Waals surface area contributed by atoms with Gasteiger partial charge in [0, 0.05) is 13.2 Å². The molecule has 2 unspecified atom stereocenters. The Bertz CT molecular complexity index is 400. The van der Waals surface area contributed by atoms with E-state index >= 15 is 0 Å². The summed E-state index contributed by atoms with van der Waals surface area (Å²) < 4.78 is 19.8. The molecule has 0 saturated heterocycles. The topological polar surface area (TPSA) is 21.3 Å². The van der Waals surface area contributed by atoms with E-state index in [1.807, 2.05) is 6.07 Å². The number of ether oxygens (including phenoxy) is 1. The summed E-state index contributed by atoms with van der Waals surface area (Å²) in [5.74, 6) is -0.207. The summed E-state index contributed by atoms with van der Waals surface area (Å²) in [5, 5.41) is 3.53. The van der Waals surface area contributed by atoms with Crippen molar-refractivity contribution in [2.75, 3.05) is 13.7 Å². The first-order chi connectivity index (χ1) is 9.63. The van der Waals surface area contributed by atoms with Gasteiger partial charge in [-0.15, -0.1) is 0 Å². The fourth-order valence-electron chi connectivity index (χ4n) is 2.38. The molecule has 0 aliphatic carbocycles. The van der Waals surface area contributed by atoms with Gasteiger partial charge in [-0.2, -0.15) is 0 Å². The van der Waals surface area contributed by atoms with Crippen LogP contribution in [0.5, 0.6) is 0 Å². The number of methoxy groups -OCH3 is 1. The van der Waals surface area contributed by atoms with Gasteiger partial charge in [0.15, 0.2) is 0 Å². The van der Waals surface area contributed by atoms with Crippen molar-refractivity contribution in [1.82, 2.24) is 5.32 Å². The van der Waals surface area contributed by atoms with E-state index in [-0.39, 0.29) is 18.0 Å². The molecule has 2 atom stereocenters. The van der Waals surface area contributed by atoms with Crippen LogP contribution in [-0.2, 0) is 11.2 Å². The van der Waals surface area contributed by atoms with Gasteiger partial charge in [0.05, 0.1) is 10.6 Å². The Morgan fingerprint density at radius 3 is 2.65 bits per heavy atom. The van der Waals surface area contributed by atoms with Crippen molar-refractivity contribution in [3.8, 4) is 0 Å². The van der Waals surface area contributed by atoms with E-state index in [9.17, 15) is 4.39 Å². The molecular weight excluding hydrogens is 321 g/mol. The molecule has 0 bridgehead atoms. The van der Waals surface area contributed by atoms with Crippen LogP contribution in [0.4, 0.5) is 4.39 Å². The zero-order valence-corrected chi connectivity index (χ0v) is 14.2. The van der Waals surface area contributed by atoms with Crippen LogP contribution in [0.1, 0.15) is 38.7 Å². The molecule has 1 aromatic rings. The van der Waals surface area contributed by atoms with Crippen molar-refractivity contribution in [3.63, 3.8) is 0 Å². The van der Waals surface area contributed by atoms with E-state index in [0.717, 1.165) is 37.8 Å². The maximum absolute atomic E-state index is 13.6. The van der Waals surface area contributed by atoms with Crippen LogP contribution in [0.25, 0.3) is 0 Å². The van der Waals surface area contributed by atoms with Gasteiger partial charge in [0.2, 0.25) is 0 Å². The first-order valence-electron chi connectivity index (χ1n) is 7.33. The molecular formula is C16H25BrFNO. The number of nitrogens with one attached hydrogen (secondary N) is 1. The van der Waals surface area contributed by atoms with Crippen molar-refractivity contribution < 1.29 is 9.13 Å². The van der Waals surface area contributed by atoms with Crippen LogP contribution in [0.2, 0.25) is 0 Å². The Balaban J connectivity index is 2.84. The van der Waals surface area contributed by atoms with E-state index in [2.05, 4.69) is 35.1 Å². The van der Waals surface area contributed by atoms with Gasteiger partial charge in [-0.25, -0.2) is 4.39 Å². The molecule has 0 heterocycles. The second-order valence-electron chi connectivity index (χ2n) is 5.04. The Hall–Kier alpha value is -0.450. The quantitative estimate of drug-likeness (QED) is 0.719. The predicted octanol–water partition coefficient (Wildman–Crippen LogP) is 4.31. The van der Waals surface area contributed by atoms with Crippen molar-refractivity contribution in [2.45, 2.75) is 51.7 Å². The minimum Gasteiger partial charge on any atom is -0.380 e. The third kappa shape index (κ3) is 5.15. The summed E-state index contributed by atoms with van der Waals surface area (Å²) in [5.41, 5.74) is 0.983. The van der Waals surface area contributed by atoms with Gasteiger partial charge >= 0.3 is 0 Å². The molecule has 2 nitrogen and oxygen atoms in total. The lowest BCUT2D eigenvalue weighted by molar-refractivity contribution is 0.0608. The normalized spacial score (nSPS) is 14.2. The van der Waals surface area contributed by atoms with E-state index in [1.54, 1.807) is 13.2 Å². The van der Waals surface area contributed by atoms with E-state index in [1.165, 1.54) is 6.07 Å². The summed E-state index contributed by atoms with van der Waals surface area (Å²) in [6.45, 7) is 5.24. The Labute approximate surface area is 130 Å². The van der Waals surface area contributed by atoms with E-state index in [0.29, 0.717) is 4.47 Å². The second kappa shape index (κ2) is 9.48. The molecule has 0 amide bonds. The van der Waals surface area contributed by atoms with Crippen molar-refractivity contribution in [2.24, 2.45) is 0 Å². The third-order valence-electron chi connectivity index (χ3n) is 3.45. The fourth-order valence-corrected chi connectivity index (χ4v) is 2.80. The zero-order chi connectivity index (χ0) is 15.0. The first-order valence-corrected chi connectivity index (χ1v) is 8.12. The highest BCUT2D eigenvalue weighted by Gasteiger charge is 2.21. The average Bonchev–Trinajstić information content (AvgIpc) is 2.45. The van der Waals surface area contributed by atoms with Crippen LogP contribution in [0.3, 0.4) is 0 Å². The summed E-state index contributed by atoms with van der Waals surface area (Å²) in [4.78, 5) is 0.